The van der Waals surface area contributed by atoms with Crippen molar-refractivity contribution in [1.29, 1.82) is 0 Å². The first-order valence-electron chi connectivity index (χ1n) is 5.70. The zero-order valence-electron chi connectivity index (χ0n) is 11.2. The summed E-state index contributed by atoms with van der Waals surface area (Å²) in [4.78, 5) is 4.25. The molecule has 1 rings (SSSR count). The van der Waals surface area contributed by atoms with Gasteiger partial charge in [0.25, 0.3) is 0 Å². The van der Waals surface area contributed by atoms with Crippen molar-refractivity contribution in [2.75, 3.05) is 0 Å². The average molecular weight is 218 g/mol. The fourth-order valence-corrected chi connectivity index (χ4v) is 1.31. The molecular formula is C14H22N2. The summed E-state index contributed by atoms with van der Waals surface area (Å²) in [7, 11) is 0. The first-order chi connectivity index (χ1) is 7.34. The lowest BCUT2D eigenvalue weighted by molar-refractivity contribution is 0.504. The number of hydrogen-bond donors (Lipinski definition) is 0. The van der Waals surface area contributed by atoms with E-state index in [0.717, 1.165) is 5.69 Å². The van der Waals surface area contributed by atoms with Crippen LogP contribution in [0.25, 0.3) is 5.70 Å². The Kier molecular flexibility index (Phi) is 3.74. The molecule has 1 aromatic heterocycles. The molecule has 2 nitrogen and oxygen atoms in total. The van der Waals surface area contributed by atoms with Gasteiger partial charge < -0.3 is 4.57 Å². The molecular weight excluding hydrogens is 196 g/mol. The largest absolute Gasteiger partial charge is 0.306 e. The molecule has 0 aliphatic heterocycles. The minimum absolute atomic E-state index is 0.212. The second-order valence-electron chi connectivity index (χ2n) is 5.21. The molecule has 0 fully saturated rings. The summed E-state index contributed by atoms with van der Waals surface area (Å²) >= 11 is 0. The molecule has 0 unspecified atom stereocenters. The van der Waals surface area contributed by atoms with Crippen molar-refractivity contribution >= 4 is 5.70 Å². The van der Waals surface area contributed by atoms with Crippen molar-refractivity contribution in [3.05, 3.63) is 35.9 Å². The van der Waals surface area contributed by atoms with Crippen molar-refractivity contribution in [2.45, 2.75) is 41.5 Å². The van der Waals surface area contributed by atoms with Crippen molar-refractivity contribution in [1.82, 2.24) is 9.55 Å². The van der Waals surface area contributed by atoms with Crippen LogP contribution in [0.15, 0.2) is 30.2 Å². The second-order valence-corrected chi connectivity index (χ2v) is 5.21. The molecule has 0 bridgehead atoms. The third-order valence-corrected chi connectivity index (χ3v) is 2.85. The van der Waals surface area contributed by atoms with E-state index in [4.69, 9.17) is 0 Å². The van der Waals surface area contributed by atoms with E-state index in [-0.39, 0.29) is 5.41 Å². The lowest BCUT2D eigenvalue weighted by Gasteiger charge is -2.20. The van der Waals surface area contributed by atoms with Crippen molar-refractivity contribution in [2.24, 2.45) is 5.41 Å². The van der Waals surface area contributed by atoms with Crippen LogP contribution in [0.4, 0.5) is 0 Å². The van der Waals surface area contributed by atoms with Gasteiger partial charge in [-0.1, -0.05) is 32.4 Å². The van der Waals surface area contributed by atoms with Crippen LogP contribution in [0.5, 0.6) is 0 Å². The van der Waals surface area contributed by atoms with E-state index in [9.17, 15) is 0 Å². The molecule has 1 heterocycles. The van der Waals surface area contributed by atoms with Crippen LogP contribution < -0.4 is 0 Å². The van der Waals surface area contributed by atoms with Crippen LogP contribution in [0.3, 0.4) is 0 Å². The molecule has 0 saturated heterocycles. The molecule has 0 aromatic carbocycles. The smallest absolute Gasteiger partial charge is 0.0994 e. The van der Waals surface area contributed by atoms with Crippen LogP contribution in [0.2, 0.25) is 0 Å². The monoisotopic (exact) mass is 218 g/mol. The van der Waals surface area contributed by atoms with E-state index in [2.05, 4.69) is 56.3 Å². The normalized spacial score (nSPS) is 14.4. The molecule has 0 amide bonds. The number of allylic oxidation sites excluding steroid dienone is 4. The average Bonchev–Trinajstić information content (AvgIpc) is 2.59. The Hall–Kier alpha value is -1.31. The number of hydrogen-bond acceptors (Lipinski definition) is 1. The second kappa shape index (κ2) is 4.69. The van der Waals surface area contributed by atoms with Crippen LogP contribution >= 0.6 is 0 Å². The van der Waals surface area contributed by atoms with Gasteiger partial charge >= 0.3 is 0 Å². The van der Waals surface area contributed by atoms with Gasteiger partial charge in [0.15, 0.2) is 0 Å². The molecule has 2 heteroatoms. The van der Waals surface area contributed by atoms with Gasteiger partial charge in [0.05, 0.1) is 12.0 Å². The fourth-order valence-electron chi connectivity index (χ4n) is 1.31. The summed E-state index contributed by atoms with van der Waals surface area (Å²) in [5, 5.41) is 0. The molecule has 0 atom stereocenters. The molecule has 0 radical (unpaired) electrons. The first-order valence-corrected chi connectivity index (χ1v) is 5.70. The highest BCUT2D eigenvalue weighted by Crippen LogP contribution is 2.26. The van der Waals surface area contributed by atoms with Crippen LogP contribution in [-0.2, 0) is 0 Å². The zero-order chi connectivity index (χ0) is 12.3. The lowest BCUT2D eigenvalue weighted by Crippen LogP contribution is -2.07. The van der Waals surface area contributed by atoms with Crippen LogP contribution in [0.1, 0.15) is 40.3 Å². The molecule has 1 aromatic rings. The summed E-state index contributed by atoms with van der Waals surface area (Å²) in [5.41, 5.74) is 3.80. The molecule has 0 aliphatic rings. The summed E-state index contributed by atoms with van der Waals surface area (Å²) in [6.07, 6.45) is 8.23. The quantitative estimate of drug-likeness (QED) is 0.685. The van der Waals surface area contributed by atoms with E-state index in [1.165, 1.54) is 11.3 Å². The highest BCUT2D eigenvalue weighted by Gasteiger charge is 2.12. The predicted molar refractivity (Wildman–Crippen MR) is 70.1 cm³/mol. The van der Waals surface area contributed by atoms with Crippen molar-refractivity contribution in [3.63, 3.8) is 0 Å². The third kappa shape index (κ3) is 3.09. The summed E-state index contributed by atoms with van der Waals surface area (Å²) in [5.74, 6) is 0. The van der Waals surface area contributed by atoms with Gasteiger partial charge in [-0.25, -0.2) is 4.98 Å². The highest BCUT2D eigenvalue weighted by atomic mass is 15.0. The molecule has 0 saturated carbocycles. The molecule has 0 N–H and O–H groups in total. The van der Waals surface area contributed by atoms with Gasteiger partial charge in [0.2, 0.25) is 0 Å². The Balaban J connectivity index is 3.03. The SMILES string of the molecule is C/C=C(\C=C(/C)C(C)(C)C)n1cnc(C)c1. The molecule has 16 heavy (non-hydrogen) atoms. The van der Waals surface area contributed by atoms with Gasteiger partial charge in [-0.05, 0) is 32.3 Å². The van der Waals surface area contributed by atoms with Gasteiger partial charge in [0, 0.05) is 11.9 Å². The third-order valence-electron chi connectivity index (χ3n) is 2.85. The number of aromatic nitrogens is 2. The highest BCUT2D eigenvalue weighted by molar-refractivity contribution is 5.58. The van der Waals surface area contributed by atoms with E-state index in [1.54, 1.807) is 0 Å². The number of imidazole rings is 1. The summed E-state index contributed by atoms with van der Waals surface area (Å²) in [6.45, 7) is 12.9. The lowest BCUT2D eigenvalue weighted by atomic mass is 9.87. The van der Waals surface area contributed by atoms with E-state index < -0.39 is 0 Å². The van der Waals surface area contributed by atoms with Crippen LogP contribution in [0, 0.1) is 12.3 Å². The van der Waals surface area contributed by atoms with E-state index >= 15 is 0 Å². The van der Waals surface area contributed by atoms with Crippen molar-refractivity contribution in [3.8, 4) is 0 Å². The standard InChI is InChI=1S/C14H22N2/c1-7-13(8-11(2)14(4,5)6)16-9-12(3)15-10-16/h7-10H,1-6H3/b11-8+,13-7+. The Bertz CT molecular complexity index is 414. The number of nitrogens with zero attached hydrogens (tertiary/aromatic N) is 2. The van der Waals surface area contributed by atoms with Gasteiger partial charge in [-0.15, -0.1) is 0 Å². The minimum atomic E-state index is 0.212. The topological polar surface area (TPSA) is 17.8 Å². The maximum Gasteiger partial charge on any atom is 0.0994 e. The van der Waals surface area contributed by atoms with Crippen molar-refractivity contribution < 1.29 is 0 Å². The van der Waals surface area contributed by atoms with Gasteiger partial charge in [0.1, 0.15) is 0 Å². The minimum Gasteiger partial charge on any atom is -0.306 e. The van der Waals surface area contributed by atoms with E-state index in [0.29, 0.717) is 0 Å². The Morgan fingerprint density at radius 1 is 1.38 bits per heavy atom. The summed E-state index contributed by atoms with van der Waals surface area (Å²) in [6, 6.07) is 0. The van der Waals surface area contributed by atoms with E-state index in [1.807, 2.05) is 19.4 Å². The zero-order valence-corrected chi connectivity index (χ0v) is 11.2. The Morgan fingerprint density at radius 3 is 2.38 bits per heavy atom. The summed E-state index contributed by atoms with van der Waals surface area (Å²) < 4.78 is 2.06. The fraction of sp³-hybridized carbons (Fsp3) is 0.500. The Labute approximate surface area is 98.7 Å². The molecule has 0 aliphatic carbocycles. The maximum atomic E-state index is 4.25. The van der Waals surface area contributed by atoms with Crippen LogP contribution in [-0.4, -0.2) is 9.55 Å². The molecule has 88 valence electrons. The van der Waals surface area contributed by atoms with Gasteiger partial charge in [-0.2, -0.15) is 0 Å². The Morgan fingerprint density at radius 2 is 2.00 bits per heavy atom. The predicted octanol–water partition coefficient (Wildman–Crippen LogP) is 4.04. The number of rotatable bonds is 2. The molecule has 0 spiro atoms. The van der Waals surface area contributed by atoms with Gasteiger partial charge in [-0.3, -0.25) is 0 Å². The number of aryl methyl sites for hydroxylation is 1. The first kappa shape index (κ1) is 12.8. The maximum absolute atomic E-state index is 4.25.